The second kappa shape index (κ2) is 5.75. The lowest BCUT2D eigenvalue weighted by Crippen LogP contribution is -2.12. The lowest BCUT2D eigenvalue weighted by molar-refractivity contribution is -0.385. The highest BCUT2D eigenvalue weighted by atomic mass is 79.9. The molecular weight excluding hydrogens is 337 g/mol. The van der Waals surface area contributed by atoms with Crippen LogP contribution in [-0.4, -0.2) is 14.9 Å². The minimum atomic E-state index is -0.751. The van der Waals surface area contributed by atoms with E-state index in [9.17, 15) is 14.5 Å². The molecule has 8 nitrogen and oxygen atoms in total. The Balaban J connectivity index is 2.45. The van der Waals surface area contributed by atoms with Crippen LogP contribution >= 0.6 is 15.9 Å². The van der Waals surface area contributed by atoms with E-state index in [0.29, 0.717) is 4.47 Å². The van der Waals surface area contributed by atoms with Crippen LogP contribution in [0.1, 0.15) is 0 Å². The van der Waals surface area contributed by atoms with Crippen LogP contribution in [0.2, 0.25) is 0 Å². The number of nitrogen functional groups attached to an aromatic ring is 1. The molecule has 0 saturated carbocycles. The van der Waals surface area contributed by atoms with E-state index in [2.05, 4.69) is 31.3 Å². The second-order valence-corrected chi connectivity index (χ2v) is 4.40. The minimum absolute atomic E-state index is 0.0432. The van der Waals surface area contributed by atoms with Crippen LogP contribution in [0.15, 0.2) is 29.0 Å². The van der Waals surface area contributed by atoms with Gasteiger partial charge in [0, 0.05) is 10.5 Å². The van der Waals surface area contributed by atoms with E-state index in [4.69, 9.17) is 10.6 Å². The number of benzene rings is 1. The maximum Gasteiger partial charge on any atom is 0.374 e. The smallest absolute Gasteiger partial charge is 0.374 e. The molecule has 2 rings (SSSR count). The molecule has 0 fully saturated rings. The summed E-state index contributed by atoms with van der Waals surface area (Å²) in [5.74, 6) is 4.04. The van der Waals surface area contributed by atoms with Gasteiger partial charge in [-0.25, -0.2) is 15.2 Å². The van der Waals surface area contributed by atoms with Crippen molar-refractivity contribution >= 4 is 27.4 Å². The number of nitrogens with one attached hydrogen (secondary N) is 1. The lowest BCUT2D eigenvalue weighted by Gasteiger charge is -2.07. The molecule has 0 spiro atoms. The third-order valence-electron chi connectivity index (χ3n) is 2.16. The predicted octanol–water partition coefficient (Wildman–Crippen LogP) is 2.36. The Kier molecular flexibility index (Phi) is 4.05. The van der Waals surface area contributed by atoms with Crippen LogP contribution < -0.4 is 16.0 Å². The molecule has 20 heavy (non-hydrogen) atoms. The van der Waals surface area contributed by atoms with Crippen molar-refractivity contribution in [1.29, 1.82) is 0 Å². The summed E-state index contributed by atoms with van der Waals surface area (Å²) in [7, 11) is 0. The van der Waals surface area contributed by atoms with Crippen LogP contribution in [0.25, 0.3) is 0 Å². The van der Waals surface area contributed by atoms with Crippen molar-refractivity contribution in [2.45, 2.75) is 0 Å². The highest BCUT2D eigenvalue weighted by Crippen LogP contribution is 2.34. The van der Waals surface area contributed by atoms with Gasteiger partial charge in [-0.15, -0.1) is 0 Å². The molecule has 10 heteroatoms. The van der Waals surface area contributed by atoms with E-state index < -0.39 is 16.4 Å². The number of nitrogens with zero attached hydrogens (tertiary/aromatic N) is 3. The maximum absolute atomic E-state index is 13.2. The molecule has 1 heterocycles. The number of rotatable bonds is 4. The van der Waals surface area contributed by atoms with Crippen LogP contribution in [0, 0.1) is 15.9 Å². The van der Waals surface area contributed by atoms with Crippen LogP contribution in [0.3, 0.4) is 0 Å². The number of hydrogen-bond acceptors (Lipinski definition) is 7. The average Bonchev–Trinajstić information content (AvgIpc) is 2.36. The normalized spacial score (nSPS) is 10.2. The van der Waals surface area contributed by atoms with Crippen molar-refractivity contribution in [3.8, 4) is 11.6 Å². The number of anilines is 1. The largest absolute Gasteiger partial charge is 0.433 e. The van der Waals surface area contributed by atoms with Crippen LogP contribution in [0.4, 0.5) is 15.9 Å². The summed E-state index contributed by atoms with van der Waals surface area (Å²) in [5, 5.41) is 11.0. The molecule has 0 aliphatic heterocycles. The van der Waals surface area contributed by atoms with Crippen LogP contribution in [-0.2, 0) is 0 Å². The summed E-state index contributed by atoms with van der Waals surface area (Å²) in [6.45, 7) is 0. The number of ether oxygens (including phenoxy) is 1. The van der Waals surface area contributed by atoms with E-state index in [0.717, 1.165) is 12.4 Å². The molecule has 0 amide bonds. The van der Waals surface area contributed by atoms with Crippen molar-refractivity contribution in [1.82, 2.24) is 9.97 Å². The number of hydrogen-bond donors (Lipinski definition) is 2. The molecular formula is C10H7BrFN5O3. The summed E-state index contributed by atoms with van der Waals surface area (Å²) in [4.78, 5) is 17.5. The molecule has 104 valence electrons. The number of nitrogens with two attached hydrogens (primary N) is 1. The number of aromatic nitrogens is 2. The summed E-state index contributed by atoms with van der Waals surface area (Å²) in [6, 6.07) is 3.71. The molecule has 2 aromatic rings. The van der Waals surface area contributed by atoms with E-state index >= 15 is 0 Å². The first-order chi connectivity index (χ1) is 9.51. The Labute approximate surface area is 120 Å². The monoisotopic (exact) mass is 343 g/mol. The summed E-state index contributed by atoms with van der Waals surface area (Å²) in [6.07, 6.45) is 1.03. The Morgan fingerprint density at radius 1 is 1.40 bits per heavy atom. The Morgan fingerprint density at radius 2 is 2.15 bits per heavy atom. The van der Waals surface area contributed by atoms with Crippen molar-refractivity contribution in [2.75, 3.05) is 5.43 Å². The zero-order valence-electron chi connectivity index (χ0n) is 9.71. The van der Waals surface area contributed by atoms with E-state index in [1.165, 1.54) is 12.1 Å². The SMILES string of the molecule is NNc1ncnc(Oc2cc(F)cc(Br)c2)c1[N+](=O)[O-]. The fourth-order valence-corrected chi connectivity index (χ4v) is 1.85. The van der Waals surface area contributed by atoms with Crippen molar-refractivity contribution in [2.24, 2.45) is 5.84 Å². The first kappa shape index (κ1) is 14.1. The molecule has 0 radical (unpaired) electrons. The molecule has 3 N–H and O–H groups in total. The van der Waals surface area contributed by atoms with Gasteiger partial charge in [-0.3, -0.25) is 10.1 Å². The molecule has 0 unspecified atom stereocenters. The molecule has 1 aromatic heterocycles. The quantitative estimate of drug-likeness (QED) is 0.497. The molecule has 0 aliphatic rings. The van der Waals surface area contributed by atoms with Gasteiger partial charge in [-0.2, -0.15) is 4.98 Å². The standard InChI is InChI=1S/C10H7BrFN5O3/c11-5-1-6(12)3-7(2-5)20-10-8(17(18)19)9(16-13)14-4-15-10/h1-4H,13H2,(H,14,15,16). The second-order valence-electron chi connectivity index (χ2n) is 3.48. The van der Waals surface area contributed by atoms with Crippen molar-refractivity contribution in [3.05, 3.63) is 44.9 Å². The van der Waals surface area contributed by atoms with Gasteiger partial charge in [0.25, 0.3) is 0 Å². The molecule has 0 saturated heterocycles. The van der Waals surface area contributed by atoms with E-state index in [1.54, 1.807) is 0 Å². The van der Waals surface area contributed by atoms with Gasteiger partial charge >= 0.3 is 11.6 Å². The zero-order chi connectivity index (χ0) is 14.7. The predicted molar refractivity (Wildman–Crippen MR) is 70.7 cm³/mol. The van der Waals surface area contributed by atoms with Gasteiger partial charge in [0.05, 0.1) is 4.92 Å². The number of hydrazine groups is 1. The van der Waals surface area contributed by atoms with Gasteiger partial charge in [0.15, 0.2) is 0 Å². The van der Waals surface area contributed by atoms with E-state index in [1.807, 2.05) is 0 Å². The fraction of sp³-hybridized carbons (Fsp3) is 0. The van der Waals surface area contributed by atoms with Gasteiger partial charge < -0.3 is 10.2 Å². The van der Waals surface area contributed by atoms with Crippen LogP contribution in [0.5, 0.6) is 11.6 Å². The molecule has 0 atom stereocenters. The first-order valence-electron chi connectivity index (χ1n) is 5.11. The van der Waals surface area contributed by atoms with Gasteiger partial charge in [-0.05, 0) is 12.1 Å². The minimum Gasteiger partial charge on any atom is -0.433 e. The molecule has 1 aromatic carbocycles. The van der Waals surface area contributed by atoms with Gasteiger partial charge in [0.1, 0.15) is 17.9 Å². The molecule has 0 aliphatic carbocycles. The summed E-state index contributed by atoms with van der Waals surface area (Å²) in [5.41, 5.74) is 1.52. The fourth-order valence-electron chi connectivity index (χ4n) is 1.41. The van der Waals surface area contributed by atoms with E-state index in [-0.39, 0.29) is 17.4 Å². The van der Waals surface area contributed by atoms with Crippen molar-refractivity contribution in [3.63, 3.8) is 0 Å². The third-order valence-corrected chi connectivity index (χ3v) is 2.62. The Morgan fingerprint density at radius 3 is 2.75 bits per heavy atom. The summed E-state index contributed by atoms with van der Waals surface area (Å²) < 4.78 is 18.9. The first-order valence-corrected chi connectivity index (χ1v) is 5.90. The Hall–Kier alpha value is -2.33. The average molecular weight is 344 g/mol. The zero-order valence-corrected chi connectivity index (χ0v) is 11.3. The number of nitro groups is 1. The summed E-state index contributed by atoms with van der Waals surface area (Å²) >= 11 is 3.08. The lowest BCUT2D eigenvalue weighted by atomic mass is 10.3. The Bertz CT molecular complexity index is 649. The van der Waals surface area contributed by atoms with Gasteiger partial charge in [0.2, 0.25) is 5.82 Å². The third kappa shape index (κ3) is 2.97. The maximum atomic E-state index is 13.2. The molecule has 0 bridgehead atoms. The van der Waals surface area contributed by atoms with Gasteiger partial charge in [-0.1, -0.05) is 15.9 Å². The highest BCUT2D eigenvalue weighted by Gasteiger charge is 2.24. The number of halogens is 2. The highest BCUT2D eigenvalue weighted by molar-refractivity contribution is 9.10. The topological polar surface area (TPSA) is 116 Å². The van der Waals surface area contributed by atoms with Crippen molar-refractivity contribution < 1.29 is 14.1 Å².